The van der Waals surface area contributed by atoms with Gasteiger partial charge in [0.2, 0.25) is 5.76 Å². The first-order chi connectivity index (χ1) is 8.17. The molecule has 1 aromatic carbocycles. The van der Waals surface area contributed by atoms with Crippen LogP contribution in [0.15, 0.2) is 27.5 Å². The van der Waals surface area contributed by atoms with Crippen LogP contribution in [0.1, 0.15) is 17.5 Å². The first kappa shape index (κ1) is 11.9. The Labute approximate surface area is 103 Å². The summed E-state index contributed by atoms with van der Waals surface area (Å²) in [5.74, 6) is 0.397. The molecule has 0 atom stereocenters. The quantitative estimate of drug-likeness (QED) is 0.846. The predicted molar refractivity (Wildman–Crippen MR) is 66.1 cm³/mol. The van der Waals surface area contributed by atoms with Gasteiger partial charge in [0, 0.05) is 11.5 Å². The molecular formula is C12H12O4S. The monoisotopic (exact) mass is 252 g/mol. The molecule has 4 nitrogen and oxygen atoms in total. The van der Waals surface area contributed by atoms with Gasteiger partial charge in [0.15, 0.2) is 0 Å². The molecule has 17 heavy (non-hydrogen) atoms. The van der Waals surface area contributed by atoms with E-state index in [1.165, 1.54) is 11.8 Å². The van der Waals surface area contributed by atoms with E-state index in [2.05, 4.69) is 0 Å². The third kappa shape index (κ3) is 2.10. The molecule has 0 aliphatic rings. The normalized spacial score (nSPS) is 10.7. The number of furan rings is 1. The van der Waals surface area contributed by atoms with E-state index in [-0.39, 0.29) is 5.76 Å². The fraction of sp³-hybridized carbons (Fsp3) is 0.250. The van der Waals surface area contributed by atoms with Crippen molar-refractivity contribution in [2.75, 3.05) is 12.9 Å². The maximum atomic E-state index is 11.1. The molecule has 0 saturated carbocycles. The number of aromatic carboxylic acids is 1. The van der Waals surface area contributed by atoms with E-state index in [1.807, 2.05) is 13.0 Å². The number of methoxy groups -OCH3 is 1. The number of carboxylic acid groups (broad SMARTS) is 1. The van der Waals surface area contributed by atoms with Gasteiger partial charge in [-0.3, -0.25) is 0 Å². The van der Waals surface area contributed by atoms with E-state index >= 15 is 0 Å². The Balaban J connectivity index is 2.65. The topological polar surface area (TPSA) is 59.7 Å². The second-order valence-corrected chi connectivity index (χ2v) is 4.63. The van der Waals surface area contributed by atoms with Crippen LogP contribution in [-0.2, 0) is 0 Å². The summed E-state index contributed by atoms with van der Waals surface area (Å²) in [6, 6.07) is 5.31. The van der Waals surface area contributed by atoms with Gasteiger partial charge < -0.3 is 14.3 Å². The van der Waals surface area contributed by atoms with Crippen molar-refractivity contribution in [2.24, 2.45) is 0 Å². The third-order valence-electron chi connectivity index (χ3n) is 2.33. The zero-order valence-corrected chi connectivity index (χ0v) is 10.3. The maximum Gasteiger partial charge on any atom is 0.373 e. The molecule has 5 heteroatoms. The van der Waals surface area contributed by atoms with Crippen LogP contribution in [0.3, 0.4) is 0 Å². The molecule has 0 unspecified atom stereocenters. The van der Waals surface area contributed by atoms with Gasteiger partial charge in [-0.2, -0.15) is 0 Å². The number of benzene rings is 1. The Morgan fingerprint density at radius 2 is 2.29 bits per heavy atom. The number of rotatable bonds is 4. The molecule has 0 radical (unpaired) electrons. The summed E-state index contributed by atoms with van der Waals surface area (Å²) in [6.07, 6.45) is 0. The number of hydrogen-bond acceptors (Lipinski definition) is 4. The minimum Gasteiger partial charge on any atom is -0.497 e. The summed E-state index contributed by atoms with van der Waals surface area (Å²) >= 11 is 1.46. The van der Waals surface area contributed by atoms with Gasteiger partial charge in [0.1, 0.15) is 11.3 Å². The molecule has 0 saturated heterocycles. The molecule has 90 valence electrons. The van der Waals surface area contributed by atoms with Crippen LogP contribution in [0.25, 0.3) is 11.0 Å². The smallest absolute Gasteiger partial charge is 0.373 e. The maximum absolute atomic E-state index is 11.1. The fourth-order valence-corrected chi connectivity index (χ4v) is 2.48. The molecule has 0 spiro atoms. The lowest BCUT2D eigenvalue weighted by molar-refractivity contribution is 0.0660. The van der Waals surface area contributed by atoms with E-state index in [0.717, 1.165) is 11.1 Å². The SMILES string of the molecule is CCSc1c(C(=O)O)oc2cc(OC)ccc12. The van der Waals surface area contributed by atoms with Gasteiger partial charge in [-0.15, -0.1) is 11.8 Å². The first-order valence-corrected chi connectivity index (χ1v) is 6.12. The molecule has 0 fully saturated rings. The van der Waals surface area contributed by atoms with Gasteiger partial charge in [0.05, 0.1) is 12.0 Å². The lowest BCUT2D eigenvalue weighted by Crippen LogP contribution is -1.95. The van der Waals surface area contributed by atoms with Gasteiger partial charge in [-0.25, -0.2) is 4.79 Å². The standard InChI is InChI=1S/C12H12O4S/c1-3-17-11-8-5-4-7(15-2)6-9(8)16-10(11)12(13)14/h4-6H,3H2,1-2H3,(H,13,14). The third-order valence-corrected chi connectivity index (χ3v) is 3.32. The summed E-state index contributed by atoms with van der Waals surface area (Å²) in [6.45, 7) is 1.97. The molecule has 1 N–H and O–H groups in total. The molecule has 0 aliphatic heterocycles. The van der Waals surface area contributed by atoms with Crippen molar-refractivity contribution in [3.8, 4) is 5.75 Å². The number of carbonyl (C=O) groups is 1. The zero-order chi connectivity index (χ0) is 12.4. The van der Waals surface area contributed by atoms with Gasteiger partial charge in [-0.1, -0.05) is 6.92 Å². The average Bonchev–Trinajstić information content (AvgIpc) is 2.68. The van der Waals surface area contributed by atoms with Crippen LogP contribution >= 0.6 is 11.8 Å². The van der Waals surface area contributed by atoms with Crippen LogP contribution in [0.4, 0.5) is 0 Å². The zero-order valence-electron chi connectivity index (χ0n) is 9.52. The van der Waals surface area contributed by atoms with Crippen molar-refractivity contribution < 1.29 is 19.1 Å². The molecule has 1 heterocycles. The van der Waals surface area contributed by atoms with Crippen LogP contribution < -0.4 is 4.74 Å². The molecular weight excluding hydrogens is 240 g/mol. The second-order valence-electron chi connectivity index (χ2n) is 3.36. The van der Waals surface area contributed by atoms with Crippen molar-refractivity contribution in [1.29, 1.82) is 0 Å². The number of ether oxygens (including phenoxy) is 1. The Bertz CT molecular complexity index is 559. The highest BCUT2D eigenvalue weighted by molar-refractivity contribution is 7.99. The molecule has 2 rings (SSSR count). The summed E-state index contributed by atoms with van der Waals surface area (Å²) < 4.78 is 10.4. The second kappa shape index (κ2) is 4.71. The van der Waals surface area contributed by atoms with Crippen molar-refractivity contribution in [2.45, 2.75) is 11.8 Å². The molecule has 0 amide bonds. The van der Waals surface area contributed by atoms with Crippen LogP contribution in [0.5, 0.6) is 5.75 Å². The number of hydrogen-bond donors (Lipinski definition) is 1. The predicted octanol–water partition coefficient (Wildman–Crippen LogP) is 3.25. The van der Waals surface area contributed by atoms with E-state index < -0.39 is 5.97 Å². The molecule has 0 aliphatic carbocycles. The molecule has 2 aromatic rings. The largest absolute Gasteiger partial charge is 0.497 e. The lowest BCUT2D eigenvalue weighted by atomic mass is 10.2. The van der Waals surface area contributed by atoms with Gasteiger partial charge >= 0.3 is 5.97 Å². The minimum absolute atomic E-state index is 0.0000954. The van der Waals surface area contributed by atoms with E-state index in [4.69, 9.17) is 14.3 Å². The Morgan fingerprint density at radius 1 is 1.53 bits per heavy atom. The summed E-state index contributed by atoms with van der Waals surface area (Å²) in [4.78, 5) is 11.8. The van der Waals surface area contributed by atoms with Crippen LogP contribution in [0, 0.1) is 0 Å². The number of carboxylic acids is 1. The first-order valence-electron chi connectivity index (χ1n) is 5.14. The van der Waals surface area contributed by atoms with Gasteiger partial charge in [-0.05, 0) is 17.9 Å². The van der Waals surface area contributed by atoms with Crippen molar-refractivity contribution in [1.82, 2.24) is 0 Å². The van der Waals surface area contributed by atoms with E-state index in [9.17, 15) is 4.79 Å². The number of fused-ring (bicyclic) bond motifs is 1. The lowest BCUT2D eigenvalue weighted by Gasteiger charge is -1.98. The highest BCUT2D eigenvalue weighted by Crippen LogP contribution is 2.35. The van der Waals surface area contributed by atoms with Crippen molar-refractivity contribution in [3.05, 3.63) is 24.0 Å². The van der Waals surface area contributed by atoms with E-state index in [1.54, 1.807) is 19.2 Å². The summed E-state index contributed by atoms with van der Waals surface area (Å²) in [5, 5.41) is 9.90. The van der Waals surface area contributed by atoms with Crippen LogP contribution in [0.2, 0.25) is 0 Å². The summed E-state index contributed by atoms with van der Waals surface area (Å²) in [5.41, 5.74) is 0.540. The fourth-order valence-electron chi connectivity index (χ4n) is 1.61. The van der Waals surface area contributed by atoms with Crippen molar-refractivity contribution in [3.63, 3.8) is 0 Å². The average molecular weight is 252 g/mol. The highest BCUT2D eigenvalue weighted by atomic mass is 32.2. The van der Waals surface area contributed by atoms with Crippen LogP contribution in [-0.4, -0.2) is 23.9 Å². The van der Waals surface area contributed by atoms with E-state index in [0.29, 0.717) is 16.2 Å². The Kier molecular flexibility index (Phi) is 3.28. The number of thioether (sulfide) groups is 1. The summed E-state index contributed by atoms with van der Waals surface area (Å²) in [7, 11) is 1.56. The Hall–Kier alpha value is -1.62. The molecule has 1 aromatic heterocycles. The molecule has 0 bridgehead atoms. The highest BCUT2D eigenvalue weighted by Gasteiger charge is 2.20. The Morgan fingerprint density at radius 3 is 2.88 bits per heavy atom. The van der Waals surface area contributed by atoms with Crippen molar-refractivity contribution >= 4 is 28.7 Å². The minimum atomic E-state index is -1.05. The van der Waals surface area contributed by atoms with Gasteiger partial charge in [0.25, 0.3) is 0 Å².